The third kappa shape index (κ3) is 3.75. The van der Waals surface area contributed by atoms with E-state index in [9.17, 15) is 13.6 Å². The fraction of sp³-hybridized carbons (Fsp3) is 0.571. The molecular formula is C14H18F2N6O2. The third-order valence-corrected chi connectivity index (χ3v) is 3.73. The number of fused-ring (bicyclic) bond motifs is 1. The average molecular weight is 340 g/mol. The minimum absolute atomic E-state index is 0.0766. The molecule has 3 rings (SSSR count). The second kappa shape index (κ2) is 7.04. The molecule has 2 aromatic heterocycles. The summed E-state index contributed by atoms with van der Waals surface area (Å²) in [6.07, 6.45) is 0.186. The molecule has 0 radical (unpaired) electrons. The Morgan fingerprint density at radius 3 is 3.04 bits per heavy atom. The molecule has 1 N–H and O–H groups in total. The summed E-state index contributed by atoms with van der Waals surface area (Å²) in [7, 11) is 1.58. The highest BCUT2D eigenvalue weighted by molar-refractivity contribution is 5.75. The molecule has 0 saturated heterocycles. The normalized spacial score (nSPS) is 17.1. The molecule has 10 heteroatoms. The zero-order chi connectivity index (χ0) is 17.1. The van der Waals surface area contributed by atoms with Gasteiger partial charge in [0.1, 0.15) is 24.7 Å². The van der Waals surface area contributed by atoms with Crippen molar-refractivity contribution >= 4 is 5.91 Å². The van der Waals surface area contributed by atoms with Crippen LogP contribution in [0.25, 0.3) is 0 Å². The van der Waals surface area contributed by atoms with Crippen LogP contribution in [0.1, 0.15) is 30.2 Å². The van der Waals surface area contributed by atoms with Gasteiger partial charge >= 0.3 is 0 Å². The predicted octanol–water partition coefficient (Wildman–Crippen LogP) is 0.690. The van der Waals surface area contributed by atoms with Gasteiger partial charge < -0.3 is 10.1 Å². The molecule has 0 aliphatic carbocycles. The van der Waals surface area contributed by atoms with Gasteiger partial charge in [-0.1, -0.05) is 0 Å². The molecule has 1 aliphatic heterocycles. The van der Waals surface area contributed by atoms with E-state index in [4.69, 9.17) is 4.74 Å². The van der Waals surface area contributed by atoms with Crippen LogP contribution < -0.4 is 5.32 Å². The summed E-state index contributed by atoms with van der Waals surface area (Å²) in [6.45, 7) is 0.782. The van der Waals surface area contributed by atoms with E-state index < -0.39 is 6.43 Å². The van der Waals surface area contributed by atoms with Crippen LogP contribution in [0.15, 0.2) is 12.3 Å². The summed E-state index contributed by atoms with van der Waals surface area (Å²) in [4.78, 5) is 16.4. The molecule has 0 aromatic carbocycles. The van der Waals surface area contributed by atoms with Crippen molar-refractivity contribution in [3.05, 3.63) is 29.6 Å². The number of hydrogen-bond acceptors (Lipinski definition) is 5. The van der Waals surface area contributed by atoms with Crippen molar-refractivity contribution in [2.75, 3.05) is 7.11 Å². The van der Waals surface area contributed by atoms with Crippen molar-refractivity contribution in [1.29, 1.82) is 0 Å². The number of hydrogen-bond donors (Lipinski definition) is 1. The maximum Gasteiger partial charge on any atom is 0.282 e. The average Bonchev–Trinajstić information content (AvgIpc) is 3.13. The monoisotopic (exact) mass is 340 g/mol. The molecule has 1 atom stereocenters. The van der Waals surface area contributed by atoms with E-state index >= 15 is 0 Å². The smallest absolute Gasteiger partial charge is 0.282 e. The van der Waals surface area contributed by atoms with Crippen LogP contribution in [0.3, 0.4) is 0 Å². The molecule has 130 valence electrons. The summed E-state index contributed by atoms with van der Waals surface area (Å²) < 4.78 is 33.0. The number of carbonyl (C=O) groups is 1. The SMILES string of the molecule is COCc1nc2n(n1)CC(NC(=O)Cn1ccc(C(F)F)n1)CC2. The lowest BCUT2D eigenvalue weighted by molar-refractivity contribution is -0.122. The van der Waals surface area contributed by atoms with Crippen LogP contribution in [0.5, 0.6) is 0 Å². The summed E-state index contributed by atoms with van der Waals surface area (Å²) in [5, 5.41) is 10.9. The van der Waals surface area contributed by atoms with Crippen molar-refractivity contribution in [3.63, 3.8) is 0 Å². The zero-order valence-corrected chi connectivity index (χ0v) is 13.2. The van der Waals surface area contributed by atoms with E-state index in [0.717, 1.165) is 12.2 Å². The number of halogens is 2. The van der Waals surface area contributed by atoms with Crippen LogP contribution in [0.4, 0.5) is 8.78 Å². The Morgan fingerprint density at radius 2 is 2.33 bits per heavy atom. The Kier molecular flexibility index (Phi) is 4.84. The Bertz CT molecular complexity index is 714. The van der Waals surface area contributed by atoms with Crippen molar-refractivity contribution in [2.45, 2.75) is 45.0 Å². The van der Waals surface area contributed by atoms with Crippen molar-refractivity contribution in [2.24, 2.45) is 0 Å². The van der Waals surface area contributed by atoms with Gasteiger partial charge in [-0.15, -0.1) is 0 Å². The first-order chi connectivity index (χ1) is 11.5. The van der Waals surface area contributed by atoms with E-state index in [1.807, 2.05) is 0 Å². The minimum Gasteiger partial charge on any atom is -0.377 e. The third-order valence-electron chi connectivity index (χ3n) is 3.73. The highest BCUT2D eigenvalue weighted by atomic mass is 19.3. The van der Waals surface area contributed by atoms with Gasteiger partial charge in [0.25, 0.3) is 6.43 Å². The summed E-state index contributed by atoms with van der Waals surface area (Å²) in [6, 6.07) is 1.13. The topological polar surface area (TPSA) is 86.9 Å². The van der Waals surface area contributed by atoms with Crippen LogP contribution in [-0.4, -0.2) is 43.6 Å². The highest BCUT2D eigenvalue weighted by Gasteiger charge is 2.23. The Morgan fingerprint density at radius 1 is 1.50 bits per heavy atom. The van der Waals surface area contributed by atoms with Gasteiger partial charge in [-0.05, 0) is 12.5 Å². The molecule has 3 heterocycles. The number of rotatable bonds is 6. The Labute approximate surface area is 136 Å². The summed E-state index contributed by atoms with van der Waals surface area (Å²) >= 11 is 0. The molecule has 24 heavy (non-hydrogen) atoms. The number of aromatic nitrogens is 5. The first-order valence-electron chi connectivity index (χ1n) is 7.57. The predicted molar refractivity (Wildman–Crippen MR) is 78.2 cm³/mol. The first kappa shape index (κ1) is 16.5. The molecule has 0 bridgehead atoms. The van der Waals surface area contributed by atoms with E-state index in [0.29, 0.717) is 25.4 Å². The van der Waals surface area contributed by atoms with Crippen LogP contribution in [-0.2, 0) is 35.6 Å². The highest BCUT2D eigenvalue weighted by Crippen LogP contribution is 2.16. The van der Waals surface area contributed by atoms with Crippen molar-refractivity contribution < 1.29 is 18.3 Å². The van der Waals surface area contributed by atoms with Crippen LogP contribution in [0, 0.1) is 0 Å². The fourth-order valence-corrected chi connectivity index (χ4v) is 2.67. The number of methoxy groups -OCH3 is 1. The lowest BCUT2D eigenvalue weighted by Gasteiger charge is -2.23. The zero-order valence-electron chi connectivity index (χ0n) is 13.2. The molecular weight excluding hydrogens is 322 g/mol. The number of nitrogens with one attached hydrogen (secondary N) is 1. The first-order valence-corrected chi connectivity index (χ1v) is 7.57. The Balaban J connectivity index is 1.55. The molecule has 2 aromatic rings. The maximum absolute atomic E-state index is 12.5. The second-order valence-electron chi connectivity index (χ2n) is 5.60. The van der Waals surface area contributed by atoms with Crippen LogP contribution >= 0.6 is 0 Å². The van der Waals surface area contributed by atoms with Gasteiger partial charge in [-0.2, -0.15) is 10.2 Å². The standard InChI is InChI=1S/C14H18F2N6O2/c1-24-8-11-18-12-3-2-9(6-22(12)20-11)17-13(23)7-21-5-4-10(19-21)14(15)16/h4-5,9,14H,2-3,6-8H2,1H3,(H,17,23). The summed E-state index contributed by atoms with van der Waals surface area (Å²) in [5.74, 6) is 1.22. The van der Waals surface area contributed by atoms with E-state index in [1.54, 1.807) is 11.8 Å². The Hall–Kier alpha value is -2.36. The van der Waals surface area contributed by atoms with Gasteiger partial charge in [0, 0.05) is 25.8 Å². The molecule has 1 aliphatic rings. The summed E-state index contributed by atoms with van der Waals surface area (Å²) in [5.41, 5.74) is -0.335. The molecule has 0 fully saturated rings. The van der Waals surface area contributed by atoms with E-state index in [1.165, 1.54) is 16.9 Å². The fourth-order valence-electron chi connectivity index (χ4n) is 2.67. The lowest BCUT2D eigenvalue weighted by Crippen LogP contribution is -2.42. The number of nitrogens with zero attached hydrogens (tertiary/aromatic N) is 5. The molecule has 8 nitrogen and oxygen atoms in total. The van der Waals surface area contributed by atoms with Crippen molar-refractivity contribution in [3.8, 4) is 0 Å². The molecule has 1 amide bonds. The van der Waals surface area contributed by atoms with Gasteiger partial charge in [0.15, 0.2) is 5.82 Å². The second-order valence-corrected chi connectivity index (χ2v) is 5.60. The number of alkyl halides is 2. The molecule has 0 spiro atoms. The maximum atomic E-state index is 12.5. The van der Waals surface area contributed by atoms with Crippen LogP contribution in [0.2, 0.25) is 0 Å². The van der Waals surface area contributed by atoms with Gasteiger partial charge in [-0.25, -0.2) is 18.4 Å². The number of ether oxygens (including phenoxy) is 1. The largest absolute Gasteiger partial charge is 0.377 e. The van der Waals surface area contributed by atoms with E-state index in [-0.39, 0.29) is 24.2 Å². The van der Waals surface area contributed by atoms with Crippen molar-refractivity contribution in [1.82, 2.24) is 29.9 Å². The molecule has 1 unspecified atom stereocenters. The lowest BCUT2D eigenvalue weighted by atomic mass is 10.1. The van der Waals surface area contributed by atoms with Gasteiger partial charge in [0.2, 0.25) is 5.91 Å². The molecule has 0 saturated carbocycles. The van der Waals surface area contributed by atoms with Gasteiger partial charge in [0.05, 0.1) is 6.54 Å². The van der Waals surface area contributed by atoms with Gasteiger partial charge in [-0.3, -0.25) is 9.48 Å². The number of amides is 1. The minimum atomic E-state index is -2.64. The number of carbonyl (C=O) groups excluding carboxylic acids is 1. The van der Waals surface area contributed by atoms with E-state index in [2.05, 4.69) is 20.5 Å². The number of aryl methyl sites for hydroxylation is 1. The quantitative estimate of drug-likeness (QED) is 0.836.